The van der Waals surface area contributed by atoms with Gasteiger partial charge in [0.1, 0.15) is 0 Å². The molecule has 0 N–H and O–H groups in total. The first-order chi connectivity index (χ1) is 18.4. The maximum Gasteiger partial charge on any atom is 0.156 e. The maximum atomic E-state index is 4.89. The van der Waals surface area contributed by atoms with Gasteiger partial charge in [0.25, 0.3) is 0 Å². The van der Waals surface area contributed by atoms with Crippen LogP contribution in [0.25, 0.3) is 50.4 Å². The van der Waals surface area contributed by atoms with Crippen molar-refractivity contribution < 1.29 is 20.1 Å². The molecule has 0 fully saturated rings. The molecule has 185 valence electrons. The van der Waals surface area contributed by atoms with Crippen LogP contribution in [-0.4, -0.2) is 19.5 Å². The van der Waals surface area contributed by atoms with Gasteiger partial charge in [0.05, 0.1) is 16.9 Å². The summed E-state index contributed by atoms with van der Waals surface area (Å²) in [5.74, 6) is 0.851. The summed E-state index contributed by atoms with van der Waals surface area (Å²) >= 11 is 0. The normalized spacial score (nSPS) is 10.4. The zero-order valence-corrected chi connectivity index (χ0v) is 22.7. The number of hydrogen-bond acceptors (Lipinski definition) is 3. The Balaban J connectivity index is 0.000000191. The minimum atomic E-state index is 0. The SMILES string of the molecule is [Ir].[c-]1ccccc1-c1ccccn1.[c-]1ccccc1-c1nc2cc3ccccc3nc2n1-c1ccccc1. The molecule has 0 saturated carbocycles. The van der Waals surface area contributed by atoms with E-state index < -0.39 is 0 Å². The van der Waals surface area contributed by atoms with Gasteiger partial charge in [-0.25, -0.2) is 4.98 Å². The molecule has 3 aromatic heterocycles. The third-order valence-corrected chi connectivity index (χ3v) is 5.95. The quantitative estimate of drug-likeness (QED) is 0.183. The van der Waals surface area contributed by atoms with Gasteiger partial charge in [-0.05, 0) is 36.0 Å². The molecule has 7 rings (SSSR count). The third-order valence-electron chi connectivity index (χ3n) is 5.95. The molecule has 0 atom stereocenters. The van der Waals surface area contributed by atoms with E-state index in [1.807, 2.05) is 103 Å². The molecule has 7 aromatic rings. The summed E-state index contributed by atoms with van der Waals surface area (Å²) in [6.45, 7) is 0. The van der Waals surface area contributed by atoms with Crippen LogP contribution in [0, 0.1) is 12.1 Å². The summed E-state index contributed by atoms with van der Waals surface area (Å²) in [5, 5.41) is 1.09. The van der Waals surface area contributed by atoms with E-state index >= 15 is 0 Å². The summed E-state index contributed by atoms with van der Waals surface area (Å²) in [5.41, 5.74) is 6.72. The molecule has 0 bridgehead atoms. The van der Waals surface area contributed by atoms with Crippen LogP contribution >= 0.6 is 0 Å². The summed E-state index contributed by atoms with van der Waals surface area (Å²) < 4.78 is 2.10. The van der Waals surface area contributed by atoms with Crippen molar-refractivity contribution in [3.63, 3.8) is 0 Å². The van der Waals surface area contributed by atoms with Crippen LogP contribution in [0.5, 0.6) is 0 Å². The Labute approximate surface area is 235 Å². The number of para-hydroxylation sites is 2. The van der Waals surface area contributed by atoms with E-state index in [0.717, 1.165) is 50.4 Å². The summed E-state index contributed by atoms with van der Waals surface area (Å²) in [7, 11) is 0. The molecule has 0 saturated heterocycles. The summed E-state index contributed by atoms with van der Waals surface area (Å²) in [6.07, 6.45) is 1.79. The van der Waals surface area contributed by atoms with Crippen LogP contribution in [0.1, 0.15) is 0 Å². The van der Waals surface area contributed by atoms with Gasteiger partial charge >= 0.3 is 0 Å². The topological polar surface area (TPSA) is 43.6 Å². The molecule has 5 heteroatoms. The van der Waals surface area contributed by atoms with Crippen LogP contribution < -0.4 is 0 Å². The van der Waals surface area contributed by atoms with Crippen LogP contribution in [0.4, 0.5) is 0 Å². The van der Waals surface area contributed by atoms with E-state index in [1.165, 1.54) is 0 Å². The Kier molecular flexibility index (Phi) is 7.79. The minimum Gasteiger partial charge on any atom is -0.318 e. The fourth-order valence-electron chi connectivity index (χ4n) is 4.22. The number of fused-ring (bicyclic) bond motifs is 2. The molecule has 0 unspecified atom stereocenters. The van der Waals surface area contributed by atoms with Crippen molar-refractivity contribution in [2.75, 3.05) is 0 Å². The van der Waals surface area contributed by atoms with Gasteiger partial charge in [-0.3, -0.25) is 4.98 Å². The van der Waals surface area contributed by atoms with Crippen LogP contribution in [0.2, 0.25) is 0 Å². The minimum absolute atomic E-state index is 0. The van der Waals surface area contributed by atoms with Crippen molar-refractivity contribution in [1.29, 1.82) is 0 Å². The maximum absolute atomic E-state index is 4.89. The van der Waals surface area contributed by atoms with Gasteiger partial charge < -0.3 is 9.55 Å². The first-order valence-electron chi connectivity index (χ1n) is 12.1. The van der Waals surface area contributed by atoms with Crippen molar-refractivity contribution >= 4 is 22.1 Å². The van der Waals surface area contributed by atoms with E-state index in [0.29, 0.717) is 0 Å². The van der Waals surface area contributed by atoms with E-state index in [1.54, 1.807) is 6.20 Å². The zero-order valence-electron chi connectivity index (χ0n) is 20.3. The fourth-order valence-corrected chi connectivity index (χ4v) is 4.22. The summed E-state index contributed by atoms with van der Waals surface area (Å²) in [6, 6.07) is 48.5. The number of aromatic nitrogens is 4. The molecule has 1 radical (unpaired) electrons. The van der Waals surface area contributed by atoms with Crippen molar-refractivity contribution in [1.82, 2.24) is 19.5 Å². The molecular weight excluding hydrogens is 645 g/mol. The van der Waals surface area contributed by atoms with Crippen LogP contribution in [0.15, 0.2) is 134 Å². The average Bonchev–Trinajstić information content (AvgIpc) is 3.36. The van der Waals surface area contributed by atoms with Gasteiger partial charge in [-0.15, -0.1) is 71.8 Å². The molecule has 0 aliphatic heterocycles. The van der Waals surface area contributed by atoms with E-state index in [2.05, 4.69) is 45.9 Å². The zero-order chi connectivity index (χ0) is 24.9. The van der Waals surface area contributed by atoms with Crippen molar-refractivity contribution in [3.8, 4) is 28.3 Å². The molecule has 0 aliphatic carbocycles. The second-order valence-electron chi connectivity index (χ2n) is 8.40. The van der Waals surface area contributed by atoms with Gasteiger partial charge in [0.2, 0.25) is 0 Å². The van der Waals surface area contributed by atoms with Gasteiger partial charge in [-0.2, -0.15) is 0 Å². The number of pyridine rings is 2. The average molecular weight is 667 g/mol. The molecule has 0 aliphatic rings. The number of benzene rings is 4. The molecule has 4 nitrogen and oxygen atoms in total. The molecule has 0 amide bonds. The monoisotopic (exact) mass is 667 g/mol. The number of nitrogens with zero attached hydrogens (tertiary/aromatic N) is 4. The largest absolute Gasteiger partial charge is 0.318 e. The fraction of sp³-hybridized carbons (Fsp3) is 0. The standard InChI is InChI=1S/C22H14N3.C11H8N.Ir/c1-3-9-16(10-4-1)21-24-20-15-17-11-7-8-14-19(17)23-22(20)25(21)18-12-5-2-6-13-18;1-2-6-10(7-3-1)11-8-4-5-9-12-11;/h1-9,11-15H;1-6,8-9H;/q2*-1;. The summed E-state index contributed by atoms with van der Waals surface area (Å²) in [4.78, 5) is 14.0. The first-order valence-corrected chi connectivity index (χ1v) is 12.1. The predicted molar refractivity (Wildman–Crippen MR) is 149 cm³/mol. The molecule has 38 heavy (non-hydrogen) atoms. The molecule has 3 heterocycles. The Bertz CT molecular complexity index is 1710. The second kappa shape index (κ2) is 11.7. The van der Waals surface area contributed by atoms with E-state index in [-0.39, 0.29) is 20.1 Å². The van der Waals surface area contributed by atoms with Gasteiger partial charge in [0, 0.05) is 37.4 Å². The first kappa shape index (κ1) is 25.2. The number of imidazole rings is 1. The molecular formula is C33H22IrN4-2. The predicted octanol–water partition coefficient (Wildman–Crippen LogP) is 7.59. The van der Waals surface area contributed by atoms with E-state index in [9.17, 15) is 0 Å². The smallest absolute Gasteiger partial charge is 0.156 e. The Morgan fingerprint density at radius 3 is 1.97 bits per heavy atom. The Morgan fingerprint density at radius 2 is 1.26 bits per heavy atom. The molecule has 0 spiro atoms. The van der Waals surface area contributed by atoms with Crippen molar-refractivity contribution in [3.05, 3.63) is 146 Å². The second-order valence-corrected chi connectivity index (χ2v) is 8.40. The van der Waals surface area contributed by atoms with Crippen LogP contribution in [-0.2, 0) is 20.1 Å². The number of hydrogen-bond donors (Lipinski definition) is 0. The number of rotatable bonds is 3. The third kappa shape index (κ3) is 5.30. The van der Waals surface area contributed by atoms with Gasteiger partial charge in [0.15, 0.2) is 5.65 Å². The van der Waals surface area contributed by atoms with E-state index in [4.69, 9.17) is 9.97 Å². The van der Waals surface area contributed by atoms with Crippen molar-refractivity contribution in [2.45, 2.75) is 0 Å². The Hall–Kier alpha value is -4.44. The molecule has 4 aromatic carbocycles. The van der Waals surface area contributed by atoms with Gasteiger partial charge in [-0.1, -0.05) is 48.5 Å². The van der Waals surface area contributed by atoms with Crippen molar-refractivity contribution in [2.24, 2.45) is 0 Å². The van der Waals surface area contributed by atoms with Crippen LogP contribution in [0.3, 0.4) is 0 Å². The Morgan fingerprint density at radius 1 is 0.579 bits per heavy atom.